The van der Waals surface area contributed by atoms with Crippen LogP contribution in [0.5, 0.6) is 0 Å². The minimum atomic E-state index is 0.713. The lowest BCUT2D eigenvalue weighted by atomic mass is 9.53. The van der Waals surface area contributed by atoms with Crippen LogP contribution < -0.4 is 0 Å². The van der Waals surface area contributed by atoms with Gasteiger partial charge in [0.05, 0.1) is 0 Å². The van der Waals surface area contributed by atoms with Gasteiger partial charge in [0.1, 0.15) is 0 Å². The quantitative estimate of drug-likeness (QED) is 0.180. The summed E-state index contributed by atoms with van der Waals surface area (Å²) in [5, 5.41) is 0. The van der Waals surface area contributed by atoms with Gasteiger partial charge in [0, 0.05) is 6.04 Å². The summed E-state index contributed by atoms with van der Waals surface area (Å²) in [6.45, 7) is 11.4. The molecule has 0 spiro atoms. The van der Waals surface area contributed by atoms with Crippen molar-refractivity contribution in [2.45, 2.75) is 175 Å². The first-order valence-electron chi connectivity index (χ1n) is 18.2. The van der Waals surface area contributed by atoms with Crippen LogP contribution in [0.1, 0.15) is 169 Å². The van der Waals surface area contributed by atoms with Crippen LogP contribution in [-0.2, 0) is 0 Å². The Hall–Kier alpha value is -0.0400. The minimum absolute atomic E-state index is 0.713. The van der Waals surface area contributed by atoms with Crippen molar-refractivity contribution in [3.05, 3.63) is 0 Å². The second-order valence-corrected chi connectivity index (χ2v) is 15.3. The molecule has 0 aromatic heterocycles. The van der Waals surface area contributed by atoms with Gasteiger partial charge in [0.25, 0.3) is 0 Å². The largest absolute Gasteiger partial charge is 0.303 e. The Labute approximate surface area is 240 Å². The predicted molar refractivity (Wildman–Crippen MR) is 168 cm³/mol. The van der Waals surface area contributed by atoms with E-state index in [0.29, 0.717) is 5.41 Å². The molecular weight excluding hydrogens is 458 g/mol. The van der Waals surface area contributed by atoms with E-state index in [-0.39, 0.29) is 0 Å². The van der Waals surface area contributed by atoms with Gasteiger partial charge in [-0.3, -0.25) is 0 Å². The van der Waals surface area contributed by atoms with E-state index in [2.05, 4.69) is 39.6 Å². The summed E-state index contributed by atoms with van der Waals surface area (Å²) in [4.78, 5) is 2.79. The second-order valence-electron chi connectivity index (χ2n) is 15.3. The first kappa shape index (κ1) is 30.9. The fraction of sp³-hybridized carbons (Fsp3) is 1.00. The molecule has 0 N–H and O–H groups in total. The summed E-state index contributed by atoms with van der Waals surface area (Å²) in [7, 11) is 2.47. The molecule has 0 heterocycles. The number of unbranched alkanes of at least 4 members (excludes halogenated alkanes) is 8. The smallest absolute Gasteiger partial charge is 0.00924 e. The maximum absolute atomic E-state index is 2.79. The molecule has 4 aliphatic rings. The average Bonchev–Trinajstić information content (AvgIpc) is 3.66. The van der Waals surface area contributed by atoms with Gasteiger partial charge in [-0.2, -0.15) is 0 Å². The normalized spacial score (nSPS) is 38.2. The van der Waals surface area contributed by atoms with Crippen molar-refractivity contribution in [1.29, 1.82) is 0 Å². The molecule has 0 radical (unpaired) electrons. The van der Waals surface area contributed by atoms with Crippen molar-refractivity contribution in [2.24, 2.45) is 46.8 Å². The first-order chi connectivity index (χ1) is 18.5. The Kier molecular flexibility index (Phi) is 12.4. The molecule has 38 heavy (non-hydrogen) atoms. The van der Waals surface area contributed by atoms with Crippen molar-refractivity contribution >= 4 is 0 Å². The first-order valence-corrected chi connectivity index (χ1v) is 18.2. The maximum Gasteiger partial charge on any atom is 0.00924 e. The summed E-state index contributed by atoms with van der Waals surface area (Å²) in [6.07, 6.45) is 32.9. The van der Waals surface area contributed by atoms with E-state index in [1.54, 1.807) is 51.4 Å². The van der Waals surface area contributed by atoms with E-state index in [4.69, 9.17) is 0 Å². The molecule has 4 aliphatic carbocycles. The van der Waals surface area contributed by atoms with E-state index < -0.39 is 0 Å². The predicted octanol–water partition coefficient (Wildman–Crippen LogP) is 11.3. The van der Waals surface area contributed by atoms with Crippen molar-refractivity contribution in [2.75, 3.05) is 13.6 Å². The van der Waals surface area contributed by atoms with Gasteiger partial charge in [-0.05, 0) is 125 Å². The third-order valence-electron chi connectivity index (χ3n) is 13.1. The number of hydrogen-bond acceptors (Lipinski definition) is 1. The van der Waals surface area contributed by atoms with Crippen molar-refractivity contribution in [3.8, 4) is 0 Å². The maximum atomic E-state index is 2.79. The van der Waals surface area contributed by atoms with Crippen molar-refractivity contribution < 1.29 is 0 Å². The van der Waals surface area contributed by atoms with Gasteiger partial charge in [0.15, 0.2) is 0 Å². The molecule has 4 saturated carbocycles. The van der Waals surface area contributed by atoms with Crippen molar-refractivity contribution in [3.63, 3.8) is 0 Å². The molecule has 0 aromatic carbocycles. The zero-order valence-corrected chi connectivity index (χ0v) is 26.8. The van der Waals surface area contributed by atoms with Crippen LogP contribution in [0.25, 0.3) is 0 Å². The SMILES string of the molecule is CCCCCCCCCCCN(C)C1CCC(C2(C3CCCC3C(C)CCC)CC(C)C3CCCC32)CC1. The van der Waals surface area contributed by atoms with Crippen LogP contribution >= 0.6 is 0 Å². The van der Waals surface area contributed by atoms with Crippen molar-refractivity contribution in [1.82, 2.24) is 4.90 Å². The standard InChI is InChI=1S/C37H69N/c1-6-8-9-10-11-12-13-14-15-27-38(5)32-25-23-31(24-26-32)37(28-30(4)34-20-17-22-36(34)37)35-21-16-19-33(35)29(3)18-7-2/h29-36H,6-28H2,1-5H3. The lowest BCUT2D eigenvalue weighted by Crippen LogP contribution is -2.47. The molecule has 0 saturated heterocycles. The van der Waals surface area contributed by atoms with Gasteiger partial charge in [0.2, 0.25) is 0 Å². The molecule has 4 fully saturated rings. The molecule has 0 bridgehead atoms. The van der Waals surface area contributed by atoms with Crippen LogP contribution in [0.3, 0.4) is 0 Å². The molecule has 0 aromatic rings. The van der Waals surface area contributed by atoms with Crippen LogP contribution in [0.4, 0.5) is 0 Å². The third kappa shape index (κ3) is 7.05. The lowest BCUT2D eigenvalue weighted by molar-refractivity contribution is -0.0396. The van der Waals surface area contributed by atoms with Crippen LogP contribution in [0.2, 0.25) is 0 Å². The zero-order valence-electron chi connectivity index (χ0n) is 26.8. The number of fused-ring (bicyclic) bond motifs is 1. The lowest BCUT2D eigenvalue weighted by Gasteiger charge is -2.53. The Morgan fingerprint density at radius 2 is 1.34 bits per heavy atom. The molecule has 1 heteroatoms. The third-order valence-corrected chi connectivity index (χ3v) is 13.1. The molecular formula is C37H69N. The number of nitrogens with zero attached hydrogens (tertiary/aromatic N) is 1. The van der Waals surface area contributed by atoms with Gasteiger partial charge >= 0.3 is 0 Å². The molecule has 222 valence electrons. The molecule has 7 atom stereocenters. The zero-order chi connectivity index (χ0) is 27.0. The fourth-order valence-corrected chi connectivity index (χ4v) is 11.3. The highest BCUT2D eigenvalue weighted by atomic mass is 15.1. The number of rotatable bonds is 16. The molecule has 0 aliphatic heterocycles. The van der Waals surface area contributed by atoms with Gasteiger partial charge in [-0.1, -0.05) is 105 Å². The van der Waals surface area contributed by atoms with E-state index in [1.807, 2.05) is 0 Å². The highest BCUT2D eigenvalue weighted by Crippen LogP contribution is 2.69. The Morgan fingerprint density at radius 1 is 0.711 bits per heavy atom. The summed E-state index contributed by atoms with van der Waals surface area (Å²) in [6, 6.07) is 0.869. The second kappa shape index (κ2) is 15.3. The van der Waals surface area contributed by atoms with Gasteiger partial charge < -0.3 is 4.90 Å². The summed E-state index contributed by atoms with van der Waals surface area (Å²) in [5.74, 6) is 7.24. The van der Waals surface area contributed by atoms with E-state index in [0.717, 1.165) is 47.5 Å². The Balaban J connectivity index is 1.30. The fourth-order valence-electron chi connectivity index (χ4n) is 11.3. The molecule has 1 nitrogen and oxygen atoms in total. The molecule has 4 rings (SSSR count). The minimum Gasteiger partial charge on any atom is -0.303 e. The topological polar surface area (TPSA) is 3.24 Å². The number of hydrogen-bond donors (Lipinski definition) is 0. The molecule has 7 unspecified atom stereocenters. The van der Waals surface area contributed by atoms with E-state index in [1.165, 1.54) is 96.4 Å². The summed E-state index contributed by atoms with van der Waals surface area (Å²) >= 11 is 0. The van der Waals surface area contributed by atoms with Crippen LogP contribution in [0.15, 0.2) is 0 Å². The Bertz CT molecular complexity index is 649. The average molecular weight is 528 g/mol. The van der Waals surface area contributed by atoms with Gasteiger partial charge in [-0.25, -0.2) is 0 Å². The van der Waals surface area contributed by atoms with Crippen LogP contribution in [-0.4, -0.2) is 24.5 Å². The summed E-state index contributed by atoms with van der Waals surface area (Å²) in [5.41, 5.74) is 0.713. The van der Waals surface area contributed by atoms with Gasteiger partial charge in [-0.15, -0.1) is 0 Å². The highest BCUT2D eigenvalue weighted by molar-refractivity contribution is 5.10. The summed E-state index contributed by atoms with van der Waals surface area (Å²) < 4.78 is 0. The Morgan fingerprint density at radius 3 is 2.03 bits per heavy atom. The molecule has 0 amide bonds. The van der Waals surface area contributed by atoms with E-state index in [9.17, 15) is 0 Å². The van der Waals surface area contributed by atoms with E-state index >= 15 is 0 Å². The van der Waals surface area contributed by atoms with Crippen LogP contribution in [0, 0.1) is 46.8 Å². The highest BCUT2D eigenvalue weighted by Gasteiger charge is 2.62. The monoisotopic (exact) mass is 528 g/mol.